The van der Waals surface area contributed by atoms with Crippen LogP contribution in [0.5, 0.6) is 0 Å². The van der Waals surface area contributed by atoms with Gasteiger partial charge in [-0.05, 0) is 56.0 Å². The van der Waals surface area contributed by atoms with Crippen LogP contribution in [0, 0.1) is 5.82 Å². The van der Waals surface area contributed by atoms with Crippen molar-refractivity contribution in [1.29, 1.82) is 0 Å². The van der Waals surface area contributed by atoms with Gasteiger partial charge in [0.1, 0.15) is 16.1 Å². The number of hydrogen-bond donors (Lipinski definition) is 1. The third-order valence-corrected chi connectivity index (χ3v) is 4.00. The molecule has 0 bridgehead atoms. The van der Waals surface area contributed by atoms with E-state index in [1.165, 1.54) is 6.07 Å². The summed E-state index contributed by atoms with van der Waals surface area (Å²) >= 11 is 6.36. The fourth-order valence-electron chi connectivity index (χ4n) is 1.64. The zero-order chi connectivity index (χ0) is 14.2. The number of nitrogens with zero attached hydrogens (tertiary/aromatic N) is 1. The van der Waals surface area contributed by atoms with E-state index in [9.17, 15) is 9.18 Å². The Balaban J connectivity index is 2.63. The highest BCUT2D eigenvalue weighted by Gasteiger charge is 2.13. The van der Waals surface area contributed by atoms with E-state index in [0.717, 1.165) is 0 Å². The van der Waals surface area contributed by atoms with E-state index >= 15 is 0 Å². The van der Waals surface area contributed by atoms with Crippen LogP contribution in [0.2, 0.25) is 0 Å². The third-order valence-electron chi connectivity index (χ3n) is 2.63. The second-order valence-corrected chi connectivity index (χ2v) is 6.04. The highest BCUT2D eigenvalue weighted by molar-refractivity contribution is 9.10. The van der Waals surface area contributed by atoms with Gasteiger partial charge in [-0.15, -0.1) is 0 Å². The first-order valence-corrected chi connectivity index (χ1v) is 7.24. The molecule has 0 amide bonds. The van der Waals surface area contributed by atoms with Gasteiger partial charge < -0.3 is 4.98 Å². The smallest absolute Gasteiger partial charge is 0.265 e. The molecule has 0 aliphatic rings. The Bertz CT molecular complexity index is 683. The Morgan fingerprint density at radius 2 is 2.00 bits per heavy atom. The molecule has 1 N–H and O–H groups in total. The van der Waals surface area contributed by atoms with Crippen LogP contribution in [0.3, 0.4) is 0 Å². The number of aromatic nitrogens is 2. The minimum absolute atomic E-state index is 0.110. The van der Waals surface area contributed by atoms with Gasteiger partial charge in [-0.25, -0.2) is 9.37 Å². The summed E-state index contributed by atoms with van der Waals surface area (Å²) < 4.78 is 14.0. The third kappa shape index (κ3) is 2.95. The van der Waals surface area contributed by atoms with E-state index in [1.807, 2.05) is 13.8 Å². The Kier molecular flexibility index (Phi) is 4.20. The SMILES string of the molecule is CC(C)c1nc(-c2ccc(F)c(Br)c2)[nH]c(=O)c1Br. The van der Waals surface area contributed by atoms with Crippen LogP contribution >= 0.6 is 31.9 Å². The van der Waals surface area contributed by atoms with Crippen LogP contribution < -0.4 is 5.56 Å². The first-order valence-electron chi connectivity index (χ1n) is 5.65. The van der Waals surface area contributed by atoms with Crippen molar-refractivity contribution in [1.82, 2.24) is 9.97 Å². The minimum atomic E-state index is -0.354. The number of benzene rings is 1. The van der Waals surface area contributed by atoms with Crippen LogP contribution in [0.15, 0.2) is 31.9 Å². The molecule has 0 fully saturated rings. The quantitative estimate of drug-likeness (QED) is 0.835. The lowest BCUT2D eigenvalue weighted by molar-refractivity contribution is 0.621. The molecular weight excluding hydrogens is 379 g/mol. The van der Waals surface area contributed by atoms with E-state index in [2.05, 4.69) is 41.8 Å². The van der Waals surface area contributed by atoms with E-state index < -0.39 is 0 Å². The molecule has 0 saturated heterocycles. The molecule has 19 heavy (non-hydrogen) atoms. The van der Waals surface area contributed by atoms with Gasteiger partial charge in [0, 0.05) is 5.56 Å². The van der Waals surface area contributed by atoms with Crippen molar-refractivity contribution in [2.45, 2.75) is 19.8 Å². The van der Waals surface area contributed by atoms with E-state index in [1.54, 1.807) is 12.1 Å². The maximum atomic E-state index is 13.2. The predicted octanol–water partition coefficient (Wildman–Crippen LogP) is 4.22. The normalized spacial score (nSPS) is 11.1. The summed E-state index contributed by atoms with van der Waals surface area (Å²) in [6.45, 7) is 3.91. The fraction of sp³-hybridized carbons (Fsp3) is 0.231. The molecule has 3 nitrogen and oxygen atoms in total. The van der Waals surface area contributed by atoms with Crippen molar-refractivity contribution < 1.29 is 4.39 Å². The monoisotopic (exact) mass is 388 g/mol. The maximum Gasteiger partial charge on any atom is 0.265 e. The lowest BCUT2D eigenvalue weighted by atomic mass is 10.1. The van der Waals surface area contributed by atoms with Crippen molar-refractivity contribution in [3.63, 3.8) is 0 Å². The van der Waals surface area contributed by atoms with Crippen molar-refractivity contribution in [3.8, 4) is 11.4 Å². The topological polar surface area (TPSA) is 45.8 Å². The molecule has 2 rings (SSSR count). The summed E-state index contributed by atoms with van der Waals surface area (Å²) in [5.41, 5.74) is 1.09. The average molecular weight is 390 g/mol. The number of H-pyrrole nitrogens is 1. The number of nitrogens with one attached hydrogen (secondary N) is 1. The zero-order valence-corrected chi connectivity index (χ0v) is 13.5. The average Bonchev–Trinajstić information content (AvgIpc) is 2.35. The van der Waals surface area contributed by atoms with Gasteiger partial charge in [0.2, 0.25) is 0 Å². The van der Waals surface area contributed by atoms with Crippen LogP contribution in [-0.2, 0) is 0 Å². The second-order valence-electron chi connectivity index (χ2n) is 4.40. The molecule has 0 spiro atoms. The molecule has 1 aromatic heterocycles. The first-order chi connectivity index (χ1) is 8.90. The molecule has 0 saturated carbocycles. The highest BCUT2D eigenvalue weighted by atomic mass is 79.9. The minimum Gasteiger partial charge on any atom is -0.306 e. The second kappa shape index (κ2) is 5.54. The number of aromatic amines is 1. The van der Waals surface area contributed by atoms with Crippen LogP contribution in [-0.4, -0.2) is 9.97 Å². The summed E-state index contributed by atoms with van der Waals surface area (Å²) in [4.78, 5) is 19.0. The number of hydrogen-bond acceptors (Lipinski definition) is 2. The summed E-state index contributed by atoms with van der Waals surface area (Å²) in [5.74, 6) is 0.184. The Morgan fingerprint density at radius 1 is 1.32 bits per heavy atom. The van der Waals surface area contributed by atoms with Gasteiger partial charge in [0.15, 0.2) is 0 Å². The van der Waals surface area contributed by atoms with Crippen LogP contribution in [0.4, 0.5) is 4.39 Å². The molecule has 1 heterocycles. The summed E-state index contributed by atoms with van der Waals surface area (Å²) in [7, 11) is 0. The molecule has 100 valence electrons. The molecular formula is C13H11Br2FN2O. The van der Waals surface area contributed by atoms with E-state index in [-0.39, 0.29) is 17.3 Å². The van der Waals surface area contributed by atoms with Gasteiger partial charge in [-0.2, -0.15) is 0 Å². The van der Waals surface area contributed by atoms with Crippen molar-refractivity contribution in [2.24, 2.45) is 0 Å². The molecule has 0 aliphatic carbocycles. The Morgan fingerprint density at radius 3 is 2.58 bits per heavy atom. The lowest BCUT2D eigenvalue weighted by Gasteiger charge is -2.09. The molecule has 0 radical (unpaired) electrons. The Labute approximate surface area is 126 Å². The predicted molar refractivity (Wildman–Crippen MR) is 79.7 cm³/mol. The Hall–Kier alpha value is -1.01. The van der Waals surface area contributed by atoms with Gasteiger partial charge in [-0.3, -0.25) is 4.79 Å². The van der Waals surface area contributed by atoms with Crippen LogP contribution in [0.1, 0.15) is 25.5 Å². The molecule has 6 heteroatoms. The largest absolute Gasteiger partial charge is 0.306 e. The van der Waals surface area contributed by atoms with Crippen molar-refractivity contribution >= 4 is 31.9 Å². The standard InChI is InChI=1S/C13H11Br2FN2O/c1-6(2)11-10(15)13(19)18-12(17-11)7-3-4-9(16)8(14)5-7/h3-6H,1-2H3,(H,17,18,19). The van der Waals surface area contributed by atoms with Gasteiger partial charge in [-0.1, -0.05) is 13.8 Å². The zero-order valence-electron chi connectivity index (χ0n) is 10.3. The first kappa shape index (κ1) is 14.4. The number of halogens is 3. The summed E-state index contributed by atoms with van der Waals surface area (Å²) in [6, 6.07) is 4.50. The maximum absolute atomic E-state index is 13.2. The molecule has 2 aromatic rings. The van der Waals surface area contributed by atoms with Crippen LogP contribution in [0.25, 0.3) is 11.4 Å². The fourth-order valence-corrected chi connectivity index (χ4v) is 2.66. The van der Waals surface area contributed by atoms with Gasteiger partial charge in [0.05, 0.1) is 10.2 Å². The number of rotatable bonds is 2. The molecule has 0 aliphatic heterocycles. The molecule has 1 aromatic carbocycles. The summed E-state index contributed by atoms with van der Waals surface area (Å²) in [5, 5.41) is 0. The van der Waals surface area contributed by atoms with Gasteiger partial charge in [0.25, 0.3) is 5.56 Å². The van der Waals surface area contributed by atoms with Crippen molar-refractivity contribution in [3.05, 3.63) is 49.0 Å². The molecule has 0 unspecified atom stereocenters. The van der Waals surface area contributed by atoms with Gasteiger partial charge >= 0.3 is 0 Å². The highest BCUT2D eigenvalue weighted by Crippen LogP contribution is 2.25. The lowest BCUT2D eigenvalue weighted by Crippen LogP contribution is -2.14. The summed E-state index contributed by atoms with van der Waals surface area (Å²) in [6.07, 6.45) is 0. The molecule has 0 atom stereocenters. The van der Waals surface area contributed by atoms with Crippen molar-refractivity contribution in [2.75, 3.05) is 0 Å². The van der Waals surface area contributed by atoms with E-state index in [0.29, 0.717) is 26.0 Å². The van der Waals surface area contributed by atoms with E-state index in [4.69, 9.17) is 0 Å².